The molecular weight excluding hydrogens is 419 g/mol. The first-order valence-electron chi connectivity index (χ1n) is 9.55. The highest BCUT2D eigenvalue weighted by Gasteiger charge is 2.30. The Hall–Kier alpha value is -3.39. The molecule has 31 heavy (non-hydrogen) atoms. The van der Waals surface area contributed by atoms with Gasteiger partial charge in [-0.25, -0.2) is 12.8 Å². The molecule has 1 atom stereocenters. The minimum atomic E-state index is -3.96. The fourth-order valence-electron chi connectivity index (χ4n) is 2.94. The van der Waals surface area contributed by atoms with E-state index in [9.17, 15) is 22.7 Å². The first-order valence-corrected chi connectivity index (χ1v) is 11.1. The van der Waals surface area contributed by atoms with Crippen LogP contribution in [0.1, 0.15) is 18.1 Å². The van der Waals surface area contributed by atoms with Gasteiger partial charge in [-0.1, -0.05) is 29.8 Å². The fourth-order valence-corrected chi connectivity index (χ4v) is 4.21. The SMILES string of the molecule is Cc1ccc(S(=O)(=O)C(C)C(=O)Nc2cc(O)c(Nc3cccc(C)c3)cc2F)cc1. The Labute approximate surface area is 180 Å². The number of rotatable bonds is 6. The molecule has 0 fully saturated rings. The van der Waals surface area contributed by atoms with Gasteiger partial charge in [0, 0.05) is 17.8 Å². The van der Waals surface area contributed by atoms with Gasteiger partial charge in [-0.3, -0.25) is 4.79 Å². The number of aromatic hydroxyl groups is 1. The standard InChI is InChI=1S/C23H23FN2O4S/c1-14-7-9-18(10-8-14)31(29,30)16(3)23(28)26-20-13-22(27)21(12-19(20)24)25-17-6-4-5-15(2)11-17/h4-13,16,25,27H,1-3H3,(H,26,28). The predicted octanol–water partition coefficient (Wildman–Crippen LogP) is 4.69. The largest absolute Gasteiger partial charge is 0.506 e. The van der Waals surface area contributed by atoms with Crippen LogP contribution in [0.5, 0.6) is 5.75 Å². The van der Waals surface area contributed by atoms with Crippen molar-refractivity contribution in [3.63, 3.8) is 0 Å². The van der Waals surface area contributed by atoms with E-state index in [1.54, 1.807) is 18.2 Å². The smallest absolute Gasteiger partial charge is 0.242 e. The molecule has 1 unspecified atom stereocenters. The van der Waals surface area contributed by atoms with Crippen molar-refractivity contribution in [2.75, 3.05) is 10.6 Å². The van der Waals surface area contributed by atoms with Gasteiger partial charge in [-0.05, 0) is 50.6 Å². The number of carbonyl (C=O) groups excluding carboxylic acids is 1. The second kappa shape index (κ2) is 8.77. The monoisotopic (exact) mass is 442 g/mol. The van der Waals surface area contributed by atoms with Crippen LogP contribution in [0.15, 0.2) is 65.6 Å². The molecule has 3 N–H and O–H groups in total. The molecule has 0 spiro atoms. The highest BCUT2D eigenvalue weighted by molar-refractivity contribution is 7.92. The summed E-state index contributed by atoms with van der Waals surface area (Å²) in [7, 11) is -3.96. The molecule has 3 rings (SSSR count). The average molecular weight is 443 g/mol. The van der Waals surface area contributed by atoms with Crippen molar-refractivity contribution in [1.82, 2.24) is 0 Å². The van der Waals surface area contributed by atoms with Crippen LogP contribution in [0.4, 0.5) is 21.5 Å². The third-order valence-corrected chi connectivity index (χ3v) is 6.90. The summed E-state index contributed by atoms with van der Waals surface area (Å²) < 4.78 is 40.0. The van der Waals surface area contributed by atoms with E-state index in [2.05, 4.69) is 10.6 Å². The van der Waals surface area contributed by atoms with Gasteiger partial charge in [0.05, 0.1) is 16.3 Å². The first kappa shape index (κ1) is 22.3. The summed E-state index contributed by atoms with van der Waals surface area (Å²) in [5.41, 5.74) is 2.32. The molecule has 0 aliphatic heterocycles. The van der Waals surface area contributed by atoms with Crippen LogP contribution < -0.4 is 10.6 Å². The van der Waals surface area contributed by atoms with Gasteiger partial charge in [-0.15, -0.1) is 0 Å². The number of phenols is 1. The third-order valence-electron chi connectivity index (χ3n) is 4.82. The van der Waals surface area contributed by atoms with Gasteiger partial charge >= 0.3 is 0 Å². The van der Waals surface area contributed by atoms with Crippen molar-refractivity contribution in [3.8, 4) is 5.75 Å². The van der Waals surface area contributed by atoms with Gasteiger partial charge in [0.1, 0.15) is 16.8 Å². The maximum Gasteiger partial charge on any atom is 0.242 e. The molecule has 8 heteroatoms. The average Bonchev–Trinajstić information content (AvgIpc) is 2.71. The number of benzene rings is 3. The molecule has 3 aromatic rings. The minimum absolute atomic E-state index is 0.00164. The maximum atomic E-state index is 14.6. The number of halogens is 1. The highest BCUT2D eigenvalue weighted by Crippen LogP contribution is 2.32. The van der Waals surface area contributed by atoms with E-state index in [1.165, 1.54) is 19.1 Å². The second-order valence-corrected chi connectivity index (χ2v) is 9.60. The van der Waals surface area contributed by atoms with E-state index in [4.69, 9.17) is 0 Å². The molecular formula is C23H23FN2O4S. The molecule has 0 aliphatic carbocycles. The summed E-state index contributed by atoms with van der Waals surface area (Å²) in [6, 6.07) is 15.5. The van der Waals surface area contributed by atoms with E-state index in [0.29, 0.717) is 5.69 Å². The number of amides is 1. The van der Waals surface area contributed by atoms with Crippen molar-refractivity contribution < 1.29 is 22.7 Å². The molecule has 0 saturated carbocycles. The zero-order valence-corrected chi connectivity index (χ0v) is 18.1. The quantitative estimate of drug-likeness (QED) is 0.481. The Bertz CT molecular complexity index is 1220. The van der Waals surface area contributed by atoms with Crippen LogP contribution in [0, 0.1) is 19.7 Å². The molecule has 0 aromatic heterocycles. The Balaban J connectivity index is 1.79. The summed E-state index contributed by atoms with van der Waals surface area (Å²) in [4.78, 5) is 12.5. The van der Waals surface area contributed by atoms with Crippen LogP contribution in [0.2, 0.25) is 0 Å². The summed E-state index contributed by atoms with van der Waals surface area (Å²) in [6.07, 6.45) is 0. The Morgan fingerprint density at radius 2 is 1.65 bits per heavy atom. The van der Waals surface area contributed by atoms with Crippen LogP contribution >= 0.6 is 0 Å². The molecule has 3 aromatic carbocycles. The molecule has 0 saturated heterocycles. The van der Waals surface area contributed by atoms with Crippen molar-refractivity contribution in [2.45, 2.75) is 30.9 Å². The Morgan fingerprint density at radius 1 is 0.968 bits per heavy atom. The minimum Gasteiger partial charge on any atom is -0.506 e. The Kier molecular flexibility index (Phi) is 6.31. The fraction of sp³-hybridized carbons (Fsp3) is 0.174. The van der Waals surface area contributed by atoms with E-state index >= 15 is 0 Å². The molecule has 162 valence electrons. The normalized spacial score (nSPS) is 12.3. The van der Waals surface area contributed by atoms with Gasteiger partial charge in [0.25, 0.3) is 0 Å². The topological polar surface area (TPSA) is 95.5 Å². The number of anilines is 3. The molecule has 0 heterocycles. The number of hydrogen-bond donors (Lipinski definition) is 3. The van der Waals surface area contributed by atoms with Crippen LogP contribution in [-0.2, 0) is 14.6 Å². The number of phenolic OH excluding ortho intramolecular Hbond substituents is 1. The van der Waals surface area contributed by atoms with Crippen LogP contribution in [-0.4, -0.2) is 24.7 Å². The molecule has 0 bridgehead atoms. The van der Waals surface area contributed by atoms with Crippen LogP contribution in [0.25, 0.3) is 0 Å². The molecule has 1 amide bonds. The third kappa shape index (κ3) is 5.03. The summed E-state index contributed by atoms with van der Waals surface area (Å²) in [5, 5.41) is 14.0. The van der Waals surface area contributed by atoms with Gasteiger partial charge in [0.2, 0.25) is 5.91 Å². The number of aryl methyl sites for hydroxylation is 2. The highest BCUT2D eigenvalue weighted by atomic mass is 32.2. The van der Waals surface area contributed by atoms with Crippen molar-refractivity contribution in [1.29, 1.82) is 0 Å². The van der Waals surface area contributed by atoms with Gasteiger partial charge < -0.3 is 15.7 Å². The summed E-state index contributed by atoms with van der Waals surface area (Å²) in [5.74, 6) is -2.02. The lowest BCUT2D eigenvalue weighted by atomic mass is 10.2. The molecule has 0 radical (unpaired) electrons. The first-order chi connectivity index (χ1) is 14.6. The van der Waals surface area contributed by atoms with Crippen molar-refractivity contribution in [3.05, 3.63) is 77.6 Å². The maximum absolute atomic E-state index is 14.6. The van der Waals surface area contributed by atoms with Crippen molar-refractivity contribution >= 4 is 32.8 Å². The van der Waals surface area contributed by atoms with E-state index in [-0.39, 0.29) is 22.0 Å². The Morgan fingerprint density at radius 3 is 2.29 bits per heavy atom. The van der Waals surface area contributed by atoms with E-state index in [1.807, 2.05) is 32.0 Å². The number of nitrogens with one attached hydrogen (secondary N) is 2. The molecule has 0 aliphatic rings. The van der Waals surface area contributed by atoms with E-state index < -0.39 is 26.8 Å². The zero-order valence-electron chi connectivity index (χ0n) is 17.3. The van der Waals surface area contributed by atoms with Gasteiger partial charge in [-0.2, -0.15) is 0 Å². The predicted molar refractivity (Wildman–Crippen MR) is 119 cm³/mol. The van der Waals surface area contributed by atoms with Crippen LogP contribution in [0.3, 0.4) is 0 Å². The summed E-state index contributed by atoms with van der Waals surface area (Å²) >= 11 is 0. The number of hydrogen-bond acceptors (Lipinski definition) is 5. The number of carbonyl (C=O) groups is 1. The number of sulfone groups is 1. The zero-order chi connectivity index (χ0) is 22.8. The van der Waals surface area contributed by atoms with Crippen molar-refractivity contribution in [2.24, 2.45) is 0 Å². The lowest BCUT2D eigenvalue weighted by Gasteiger charge is -2.16. The second-order valence-electron chi connectivity index (χ2n) is 7.33. The summed E-state index contributed by atoms with van der Waals surface area (Å²) in [6.45, 7) is 4.95. The van der Waals surface area contributed by atoms with Gasteiger partial charge in [0.15, 0.2) is 9.84 Å². The van der Waals surface area contributed by atoms with E-state index in [0.717, 1.165) is 23.3 Å². The lowest BCUT2D eigenvalue weighted by molar-refractivity contribution is -0.115. The molecule has 6 nitrogen and oxygen atoms in total. The lowest BCUT2D eigenvalue weighted by Crippen LogP contribution is -2.33.